The van der Waals surface area contributed by atoms with Crippen LogP contribution in [0.25, 0.3) is 10.8 Å². The zero-order chi connectivity index (χ0) is 23.8. The maximum absolute atomic E-state index is 13.7. The Bertz CT molecular complexity index is 1230. The zero-order valence-corrected chi connectivity index (χ0v) is 19.3. The summed E-state index contributed by atoms with van der Waals surface area (Å²) in [5.74, 6) is -1.82. The smallest absolute Gasteiger partial charge is 0.338 e. The van der Waals surface area contributed by atoms with Crippen LogP contribution in [-0.2, 0) is 10.0 Å². The van der Waals surface area contributed by atoms with Gasteiger partial charge in [-0.3, -0.25) is 4.72 Å². The number of benzene rings is 3. The van der Waals surface area contributed by atoms with Crippen molar-refractivity contribution < 1.29 is 27.4 Å². The fourth-order valence-electron chi connectivity index (χ4n) is 3.63. The van der Waals surface area contributed by atoms with E-state index < -0.39 is 27.4 Å². The van der Waals surface area contributed by atoms with Gasteiger partial charge in [0.05, 0.1) is 17.1 Å². The summed E-state index contributed by atoms with van der Waals surface area (Å²) in [6.07, 6.45) is 6.86. The molecule has 3 rings (SSSR count). The number of carboxylic acids is 1. The first-order valence-corrected chi connectivity index (χ1v) is 12.5. The minimum Gasteiger partial charge on any atom is -0.493 e. The number of hydrogen-bond acceptors (Lipinski definition) is 4. The normalized spacial score (nSPS) is 11.5. The molecular weight excluding hydrogens is 445 g/mol. The SMILES string of the molecule is CCCCCCCCOc1ccc(S(=O)(=O)Nc2ccc(F)c(C(=O)O)c2)c2ccccc12. The topological polar surface area (TPSA) is 92.7 Å². The summed E-state index contributed by atoms with van der Waals surface area (Å²) < 4.78 is 48.1. The van der Waals surface area contributed by atoms with Gasteiger partial charge in [0, 0.05) is 16.5 Å². The zero-order valence-electron chi connectivity index (χ0n) is 18.5. The molecule has 3 aromatic carbocycles. The second kappa shape index (κ2) is 11.1. The van der Waals surface area contributed by atoms with Crippen LogP contribution >= 0.6 is 0 Å². The van der Waals surface area contributed by atoms with Gasteiger partial charge in [0.2, 0.25) is 0 Å². The first kappa shape index (κ1) is 24.5. The van der Waals surface area contributed by atoms with E-state index in [0.29, 0.717) is 23.1 Å². The van der Waals surface area contributed by atoms with E-state index in [9.17, 15) is 17.6 Å². The summed E-state index contributed by atoms with van der Waals surface area (Å²) >= 11 is 0. The summed E-state index contributed by atoms with van der Waals surface area (Å²) in [7, 11) is -4.07. The van der Waals surface area contributed by atoms with Crippen molar-refractivity contribution in [3.05, 3.63) is 66.0 Å². The van der Waals surface area contributed by atoms with Crippen LogP contribution in [0.2, 0.25) is 0 Å². The number of ether oxygens (including phenoxy) is 1. The fraction of sp³-hybridized carbons (Fsp3) is 0.320. The van der Waals surface area contributed by atoms with E-state index in [1.165, 1.54) is 37.8 Å². The van der Waals surface area contributed by atoms with Crippen LogP contribution in [0.3, 0.4) is 0 Å². The van der Waals surface area contributed by atoms with Crippen LogP contribution in [0.5, 0.6) is 5.75 Å². The van der Waals surface area contributed by atoms with Crippen molar-refractivity contribution in [2.75, 3.05) is 11.3 Å². The minimum absolute atomic E-state index is 0.0196. The van der Waals surface area contributed by atoms with Crippen LogP contribution in [0.4, 0.5) is 10.1 Å². The lowest BCUT2D eigenvalue weighted by Crippen LogP contribution is -2.14. The van der Waals surface area contributed by atoms with Gasteiger partial charge in [-0.25, -0.2) is 17.6 Å². The van der Waals surface area contributed by atoms with E-state index in [1.807, 2.05) is 6.07 Å². The molecule has 0 unspecified atom stereocenters. The molecule has 0 amide bonds. The fourth-order valence-corrected chi connectivity index (χ4v) is 4.89. The van der Waals surface area contributed by atoms with Crippen molar-refractivity contribution in [1.82, 2.24) is 0 Å². The molecule has 0 saturated carbocycles. The van der Waals surface area contributed by atoms with Crippen molar-refractivity contribution in [2.45, 2.75) is 50.3 Å². The van der Waals surface area contributed by atoms with Gasteiger partial charge < -0.3 is 9.84 Å². The Kier molecular flexibility index (Phi) is 8.27. The Morgan fingerprint density at radius 3 is 2.39 bits per heavy atom. The molecule has 0 fully saturated rings. The van der Waals surface area contributed by atoms with Crippen molar-refractivity contribution in [3.8, 4) is 5.75 Å². The average molecular weight is 474 g/mol. The summed E-state index contributed by atoms with van der Waals surface area (Å²) in [6, 6.07) is 13.2. The third-order valence-electron chi connectivity index (χ3n) is 5.34. The third-order valence-corrected chi connectivity index (χ3v) is 6.78. The van der Waals surface area contributed by atoms with Gasteiger partial charge in [0.1, 0.15) is 11.6 Å². The van der Waals surface area contributed by atoms with Crippen LogP contribution < -0.4 is 9.46 Å². The first-order valence-electron chi connectivity index (χ1n) is 11.0. The van der Waals surface area contributed by atoms with Crippen LogP contribution in [0.1, 0.15) is 55.8 Å². The largest absolute Gasteiger partial charge is 0.493 e. The first-order chi connectivity index (χ1) is 15.8. The van der Waals surface area contributed by atoms with Gasteiger partial charge in [-0.1, -0.05) is 63.3 Å². The van der Waals surface area contributed by atoms with Gasteiger partial charge in [-0.15, -0.1) is 0 Å². The highest BCUT2D eigenvalue weighted by Gasteiger charge is 2.21. The second-order valence-electron chi connectivity index (χ2n) is 7.83. The Morgan fingerprint density at radius 2 is 1.67 bits per heavy atom. The van der Waals surface area contributed by atoms with E-state index >= 15 is 0 Å². The van der Waals surface area contributed by atoms with Crippen LogP contribution in [0, 0.1) is 5.82 Å². The van der Waals surface area contributed by atoms with E-state index in [4.69, 9.17) is 9.84 Å². The van der Waals surface area contributed by atoms with Crippen LogP contribution in [0.15, 0.2) is 59.5 Å². The van der Waals surface area contributed by atoms with Gasteiger partial charge in [0.25, 0.3) is 10.0 Å². The monoisotopic (exact) mass is 473 g/mol. The summed E-state index contributed by atoms with van der Waals surface area (Å²) in [4.78, 5) is 11.2. The number of anilines is 1. The highest BCUT2D eigenvalue weighted by molar-refractivity contribution is 7.93. The number of nitrogens with one attached hydrogen (secondary N) is 1. The van der Waals surface area contributed by atoms with Crippen LogP contribution in [-0.4, -0.2) is 26.1 Å². The molecule has 0 radical (unpaired) electrons. The molecule has 8 heteroatoms. The standard InChI is InChI=1S/C25H28FNO5S/c1-2-3-4-5-6-9-16-32-23-14-15-24(20-11-8-7-10-19(20)23)33(30,31)27-18-12-13-22(26)21(17-18)25(28)29/h7-8,10-15,17,27H,2-6,9,16H2,1H3,(H,28,29). The van der Waals surface area contributed by atoms with Crippen molar-refractivity contribution in [1.29, 1.82) is 0 Å². The van der Waals surface area contributed by atoms with Gasteiger partial charge >= 0.3 is 5.97 Å². The van der Waals surface area contributed by atoms with E-state index in [1.54, 1.807) is 24.3 Å². The lowest BCUT2D eigenvalue weighted by atomic mass is 10.1. The summed E-state index contributed by atoms with van der Waals surface area (Å²) in [5, 5.41) is 10.2. The summed E-state index contributed by atoms with van der Waals surface area (Å²) in [5.41, 5.74) is -0.653. The van der Waals surface area contributed by atoms with Crippen molar-refractivity contribution in [3.63, 3.8) is 0 Å². The molecule has 0 aromatic heterocycles. The second-order valence-corrected chi connectivity index (χ2v) is 9.48. The molecule has 176 valence electrons. The van der Waals surface area contributed by atoms with Gasteiger partial charge in [0.15, 0.2) is 0 Å². The molecular formula is C25H28FNO5S. The Labute approximate surface area is 193 Å². The minimum atomic E-state index is -4.07. The molecule has 0 aliphatic heterocycles. The lowest BCUT2D eigenvalue weighted by Gasteiger charge is -2.14. The molecule has 0 aliphatic rings. The molecule has 0 heterocycles. The number of carboxylic acid groups (broad SMARTS) is 1. The number of hydrogen-bond donors (Lipinski definition) is 2. The van der Waals surface area contributed by atoms with E-state index in [-0.39, 0.29) is 10.6 Å². The Morgan fingerprint density at radius 1 is 0.970 bits per heavy atom. The quantitative estimate of drug-likeness (QED) is 0.305. The molecule has 2 N–H and O–H groups in total. The number of carbonyl (C=O) groups is 1. The number of unbranched alkanes of at least 4 members (excludes halogenated alkanes) is 5. The Balaban J connectivity index is 1.80. The predicted octanol–water partition coefficient (Wildman–Crippen LogP) is 6.22. The maximum Gasteiger partial charge on any atom is 0.338 e. The molecule has 0 atom stereocenters. The number of rotatable bonds is 12. The number of sulfonamides is 1. The predicted molar refractivity (Wildman–Crippen MR) is 127 cm³/mol. The maximum atomic E-state index is 13.7. The lowest BCUT2D eigenvalue weighted by molar-refractivity contribution is 0.0692. The third kappa shape index (κ3) is 6.22. The van der Waals surface area contributed by atoms with E-state index in [0.717, 1.165) is 25.0 Å². The molecule has 0 spiro atoms. The summed E-state index contributed by atoms with van der Waals surface area (Å²) in [6.45, 7) is 2.73. The molecule has 6 nitrogen and oxygen atoms in total. The number of aromatic carboxylic acids is 1. The highest BCUT2D eigenvalue weighted by atomic mass is 32.2. The Hall–Kier alpha value is -3.13. The molecule has 0 bridgehead atoms. The number of fused-ring (bicyclic) bond motifs is 1. The average Bonchev–Trinajstić information content (AvgIpc) is 2.79. The van der Waals surface area contributed by atoms with Crippen molar-refractivity contribution in [2.24, 2.45) is 0 Å². The van der Waals surface area contributed by atoms with Gasteiger partial charge in [-0.05, 0) is 36.8 Å². The van der Waals surface area contributed by atoms with E-state index in [2.05, 4.69) is 11.6 Å². The van der Waals surface area contributed by atoms with Gasteiger partial charge in [-0.2, -0.15) is 0 Å². The molecule has 33 heavy (non-hydrogen) atoms. The van der Waals surface area contributed by atoms with Crippen molar-refractivity contribution >= 4 is 32.5 Å². The highest BCUT2D eigenvalue weighted by Crippen LogP contribution is 2.32. The number of halogens is 1. The molecule has 0 saturated heterocycles. The molecule has 0 aliphatic carbocycles. The molecule has 3 aromatic rings.